The van der Waals surface area contributed by atoms with E-state index in [0.717, 1.165) is 5.56 Å². The van der Waals surface area contributed by atoms with Gasteiger partial charge in [-0.15, -0.1) is 0 Å². The van der Waals surface area contributed by atoms with Gasteiger partial charge in [-0.25, -0.2) is 14.4 Å². The molecule has 4 rings (SSSR count). The first kappa shape index (κ1) is 36.8. The minimum atomic E-state index is -2.62. The standard InChI is InChI=1S/C32H40Cl3N3O8Si/c1-6-47(7-2,8-3)46-31(18-24(27(40)43-5)36-29(41)45-20-32(33,34)35)23-16-12-13-17-25(23)38-26(39)21(4)37(28(31)38)30(42)44-19-22-14-10-9-11-15-22/h9-17,21,24,28H,6-8,18-20H2,1-5H3,(H,36,41)/t21-,24-,28-,31-/m0/s1. The number of hydrogen-bond donors (Lipinski definition) is 1. The van der Waals surface area contributed by atoms with E-state index in [0.29, 0.717) is 29.4 Å². The van der Waals surface area contributed by atoms with Gasteiger partial charge in [-0.05, 0) is 36.7 Å². The molecule has 11 nitrogen and oxygen atoms in total. The molecule has 15 heteroatoms. The topological polar surface area (TPSA) is 124 Å². The number of amides is 3. The third-order valence-electron chi connectivity index (χ3n) is 8.96. The highest BCUT2D eigenvalue weighted by atomic mass is 35.6. The fraction of sp³-hybridized carbons (Fsp3) is 0.500. The molecule has 47 heavy (non-hydrogen) atoms. The first-order valence-corrected chi connectivity index (χ1v) is 19.1. The van der Waals surface area contributed by atoms with Crippen molar-refractivity contribution in [3.63, 3.8) is 0 Å². The summed E-state index contributed by atoms with van der Waals surface area (Å²) in [7, 11) is -1.44. The minimum absolute atomic E-state index is 0.0242. The van der Waals surface area contributed by atoms with Crippen molar-refractivity contribution in [2.45, 2.75) is 86.5 Å². The summed E-state index contributed by atoms with van der Waals surface area (Å²) in [4.78, 5) is 57.3. The smallest absolute Gasteiger partial charge is 0.412 e. The van der Waals surface area contributed by atoms with Crippen molar-refractivity contribution in [2.24, 2.45) is 0 Å². The number of alkyl halides is 3. The number of anilines is 1. The van der Waals surface area contributed by atoms with Gasteiger partial charge in [-0.1, -0.05) is 104 Å². The zero-order valence-electron chi connectivity index (χ0n) is 27.0. The van der Waals surface area contributed by atoms with Crippen LogP contribution in [0, 0.1) is 0 Å². The van der Waals surface area contributed by atoms with E-state index in [1.165, 1.54) is 12.0 Å². The maximum absolute atomic E-state index is 14.0. The van der Waals surface area contributed by atoms with E-state index in [1.54, 1.807) is 30.0 Å². The average molecular weight is 729 g/mol. The number of ether oxygens (including phenoxy) is 3. The summed E-state index contributed by atoms with van der Waals surface area (Å²) in [6.45, 7) is 7.16. The predicted octanol–water partition coefficient (Wildman–Crippen LogP) is 6.65. The van der Waals surface area contributed by atoms with E-state index in [-0.39, 0.29) is 18.9 Å². The maximum atomic E-state index is 14.0. The van der Waals surface area contributed by atoms with Crippen LogP contribution in [0.5, 0.6) is 0 Å². The number of methoxy groups -OCH3 is 1. The first-order valence-electron chi connectivity index (χ1n) is 15.5. The van der Waals surface area contributed by atoms with Gasteiger partial charge in [-0.2, -0.15) is 0 Å². The lowest BCUT2D eigenvalue weighted by atomic mass is 9.86. The van der Waals surface area contributed by atoms with Gasteiger partial charge in [0.25, 0.3) is 5.91 Å². The second-order valence-corrected chi connectivity index (χ2v) is 18.8. The third-order valence-corrected chi connectivity index (χ3v) is 13.9. The highest BCUT2D eigenvalue weighted by molar-refractivity contribution is 6.73. The van der Waals surface area contributed by atoms with Crippen molar-refractivity contribution in [2.75, 3.05) is 18.6 Å². The molecule has 0 spiro atoms. The molecule has 4 atom stereocenters. The quantitative estimate of drug-likeness (QED) is 0.112. The number of para-hydroxylation sites is 1. The largest absolute Gasteiger partial charge is 0.467 e. The maximum Gasteiger partial charge on any atom is 0.412 e. The molecule has 0 bridgehead atoms. The van der Waals surface area contributed by atoms with E-state index >= 15 is 0 Å². The lowest BCUT2D eigenvalue weighted by molar-refractivity contribution is -0.145. The normalized spacial score (nSPS) is 21.1. The van der Waals surface area contributed by atoms with E-state index in [2.05, 4.69) is 5.32 Å². The number of carbonyl (C=O) groups is 4. The summed E-state index contributed by atoms with van der Waals surface area (Å²) in [5.74, 6) is -1.15. The summed E-state index contributed by atoms with van der Waals surface area (Å²) in [6.07, 6.45) is -3.06. The second-order valence-electron chi connectivity index (χ2n) is 11.6. The van der Waals surface area contributed by atoms with Crippen LogP contribution in [-0.4, -0.2) is 73.0 Å². The van der Waals surface area contributed by atoms with Crippen LogP contribution >= 0.6 is 34.8 Å². The number of hydrogen-bond acceptors (Lipinski definition) is 8. The number of carbonyl (C=O) groups excluding carboxylic acids is 4. The Hall–Kier alpha value is -3.03. The van der Waals surface area contributed by atoms with Crippen molar-refractivity contribution in [3.8, 4) is 0 Å². The molecular formula is C32H40Cl3N3O8Si. The Labute approximate surface area is 290 Å². The van der Waals surface area contributed by atoms with E-state index in [9.17, 15) is 19.2 Å². The van der Waals surface area contributed by atoms with Gasteiger partial charge in [0, 0.05) is 12.0 Å². The van der Waals surface area contributed by atoms with Gasteiger partial charge < -0.3 is 24.0 Å². The average Bonchev–Trinajstić information content (AvgIpc) is 3.49. The molecule has 2 heterocycles. The molecule has 0 saturated carbocycles. The Morgan fingerprint density at radius 3 is 2.19 bits per heavy atom. The number of rotatable bonds is 12. The zero-order chi connectivity index (χ0) is 34.6. The van der Waals surface area contributed by atoms with Crippen molar-refractivity contribution in [3.05, 3.63) is 65.7 Å². The number of alkyl carbamates (subject to hydrolysis) is 1. The van der Waals surface area contributed by atoms with Crippen molar-refractivity contribution in [1.82, 2.24) is 10.2 Å². The molecule has 3 amide bonds. The predicted molar refractivity (Wildman–Crippen MR) is 181 cm³/mol. The Balaban J connectivity index is 1.86. The van der Waals surface area contributed by atoms with E-state index in [1.807, 2.05) is 57.2 Å². The highest BCUT2D eigenvalue weighted by Crippen LogP contribution is 2.55. The van der Waals surface area contributed by atoms with Crippen molar-refractivity contribution in [1.29, 1.82) is 0 Å². The van der Waals surface area contributed by atoms with Gasteiger partial charge in [0.2, 0.25) is 3.79 Å². The number of benzene rings is 2. The van der Waals surface area contributed by atoms with Gasteiger partial charge >= 0.3 is 18.2 Å². The summed E-state index contributed by atoms with van der Waals surface area (Å²) < 4.78 is 21.5. The molecule has 2 aromatic rings. The van der Waals surface area contributed by atoms with Crippen molar-refractivity contribution >= 4 is 72.9 Å². The van der Waals surface area contributed by atoms with Gasteiger partial charge in [0.15, 0.2) is 8.32 Å². The number of halogens is 3. The summed E-state index contributed by atoms with van der Waals surface area (Å²) in [6, 6.07) is 16.2. The fourth-order valence-corrected chi connectivity index (χ4v) is 9.55. The number of nitrogens with one attached hydrogen (secondary N) is 1. The van der Waals surface area contributed by atoms with Crippen LogP contribution in [0.15, 0.2) is 54.6 Å². The van der Waals surface area contributed by atoms with Crippen LogP contribution in [-0.2, 0) is 40.4 Å². The number of fused-ring (bicyclic) bond motifs is 3. The molecule has 256 valence electrons. The van der Waals surface area contributed by atoms with Crippen LogP contribution in [0.2, 0.25) is 18.1 Å². The molecule has 1 saturated heterocycles. The molecule has 2 aliphatic rings. The number of esters is 1. The lowest BCUT2D eigenvalue weighted by Gasteiger charge is -2.46. The Kier molecular flexibility index (Phi) is 11.8. The zero-order valence-corrected chi connectivity index (χ0v) is 30.2. The van der Waals surface area contributed by atoms with Gasteiger partial charge in [0.1, 0.15) is 37.1 Å². The van der Waals surface area contributed by atoms with E-state index < -0.39 is 60.7 Å². The molecule has 0 aromatic heterocycles. The molecule has 2 aliphatic heterocycles. The molecular weight excluding hydrogens is 689 g/mol. The van der Waals surface area contributed by atoms with Crippen LogP contribution < -0.4 is 10.2 Å². The molecule has 0 unspecified atom stereocenters. The summed E-state index contributed by atoms with van der Waals surface area (Å²) >= 11 is 17.3. The molecule has 2 aromatic carbocycles. The summed E-state index contributed by atoms with van der Waals surface area (Å²) in [5, 5.41) is 2.54. The summed E-state index contributed by atoms with van der Waals surface area (Å²) in [5.41, 5.74) is 0.383. The molecule has 0 aliphatic carbocycles. The highest BCUT2D eigenvalue weighted by Gasteiger charge is 2.66. The van der Waals surface area contributed by atoms with Crippen LogP contribution in [0.1, 0.15) is 45.2 Å². The Bertz CT molecular complexity index is 1450. The Morgan fingerprint density at radius 2 is 1.60 bits per heavy atom. The van der Waals surface area contributed by atoms with Crippen LogP contribution in [0.3, 0.4) is 0 Å². The van der Waals surface area contributed by atoms with Gasteiger partial charge in [0.05, 0.1) is 12.8 Å². The van der Waals surface area contributed by atoms with Crippen LogP contribution in [0.25, 0.3) is 0 Å². The van der Waals surface area contributed by atoms with Crippen LogP contribution in [0.4, 0.5) is 15.3 Å². The van der Waals surface area contributed by atoms with Crippen molar-refractivity contribution < 1.29 is 37.8 Å². The number of nitrogens with zero attached hydrogens (tertiary/aromatic N) is 2. The lowest BCUT2D eigenvalue weighted by Crippen LogP contribution is -2.61. The molecule has 1 N–H and O–H groups in total. The molecule has 0 radical (unpaired) electrons. The third kappa shape index (κ3) is 7.67. The minimum Gasteiger partial charge on any atom is -0.467 e. The van der Waals surface area contributed by atoms with Gasteiger partial charge in [-0.3, -0.25) is 14.6 Å². The second kappa shape index (κ2) is 15.0. The molecule has 1 fully saturated rings. The monoisotopic (exact) mass is 727 g/mol. The Morgan fingerprint density at radius 1 is 0.979 bits per heavy atom. The first-order chi connectivity index (χ1) is 22.3. The SMILES string of the molecule is CC[Si](CC)(CC)O[C@@]1(C[C@H](NC(=O)OCC(Cl)(Cl)Cl)C(=O)OC)c2ccccc2N2C(=O)[C@H](C)N(C(=O)OCc3ccccc3)[C@@H]21. The fourth-order valence-electron chi connectivity index (χ4n) is 6.38. The van der Waals surface area contributed by atoms with E-state index in [4.69, 9.17) is 53.4 Å².